The summed E-state index contributed by atoms with van der Waals surface area (Å²) < 4.78 is 17.8. The van der Waals surface area contributed by atoms with Crippen LogP contribution in [-0.4, -0.2) is 49.0 Å². The molecule has 1 aromatic heterocycles. The lowest BCUT2D eigenvalue weighted by atomic mass is 9.90. The third-order valence-electron chi connectivity index (χ3n) is 8.44. The number of nitrogens with zero attached hydrogens (tertiary/aromatic N) is 3. The maximum atomic E-state index is 14.9. The minimum Gasteiger partial charge on any atom is -0.507 e. The second kappa shape index (κ2) is 8.51. The number of imidazole rings is 1. The number of phenolic OH excluding ortho intramolecular Hbond substituents is 1. The standard InChI is InChI=1S/C29H30ClFN4O3/c1-17-25(34-15-28(2,38)29(16-34)6-7-29)11-19(14-32-17)22-13-20(31)12-21(26(22)36)18-4-5-24(23(30)10-18)35-9-8-33(3)27(35)37/h4-5,8-14,17,32,36,38H,6-7,15-16H2,1-3H3. The second-order valence-electron chi connectivity index (χ2n) is 11.0. The van der Waals surface area contributed by atoms with E-state index in [2.05, 4.69) is 10.2 Å². The summed E-state index contributed by atoms with van der Waals surface area (Å²) in [6.45, 7) is 5.27. The Bertz CT molecular complexity index is 1570. The molecule has 1 spiro atoms. The topological polar surface area (TPSA) is 82.7 Å². The number of aliphatic hydroxyl groups is 1. The van der Waals surface area contributed by atoms with Crippen molar-refractivity contribution in [2.24, 2.45) is 12.5 Å². The van der Waals surface area contributed by atoms with Crippen LogP contribution in [0.15, 0.2) is 65.5 Å². The number of aromatic nitrogens is 2. The SMILES string of the molecule is CC1NC=C(c2cc(F)cc(-c3ccc(-n4ccn(C)c4=O)c(Cl)c3)c2O)C=C1N1CC(C)(O)C2(CC2)C1. The fraction of sp³-hybridized carbons (Fsp3) is 0.345. The van der Waals surface area contributed by atoms with Gasteiger partial charge in [-0.3, -0.25) is 4.57 Å². The average Bonchev–Trinajstić information content (AvgIpc) is 3.53. The number of likely N-dealkylation sites (tertiary alicyclic amines) is 1. The van der Waals surface area contributed by atoms with Crippen molar-refractivity contribution in [3.8, 4) is 22.6 Å². The fourth-order valence-electron chi connectivity index (χ4n) is 5.86. The lowest BCUT2D eigenvalue weighted by Gasteiger charge is -2.31. The molecule has 7 nitrogen and oxygen atoms in total. The Kier molecular flexibility index (Phi) is 5.56. The van der Waals surface area contributed by atoms with Crippen LogP contribution < -0.4 is 11.0 Å². The van der Waals surface area contributed by atoms with Gasteiger partial charge in [0, 0.05) is 66.5 Å². The van der Waals surface area contributed by atoms with Gasteiger partial charge in [-0.2, -0.15) is 0 Å². The summed E-state index contributed by atoms with van der Waals surface area (Å²) in [7, 11) is 1.65. The van der Waals surface area contributed by atoms with E-state index in [1.807, 2.05) is 19.9 Å². The zero-order valence-corrected chi connectivity index (χ0v) is 22.3. The predicted octanol–water partition coefficient (Wildman–Crippen LogP) is 4.40. The van der Waals surface area contributed by atoms with E-state index in [9.17, 15) is 19.4 Å². The van der Waals surface area contributed by atoms with Gasteiger partial charge >= 0.3 is 5.69 Å². The monoisotopic (exact) mass is 536 g/mol. The van der Waals surface area contributed by atoms with Gasteiger partial charge in [-0.25, -0.2) is 9.18 Å². The number of phenols is 1. The predicted molar refractivity (Wildman–Crippen MR) is 146 cm³/mol. The van der Waals surface area contributed by atoms with Gasteiger partial charge in [0.05, 0.1) is 22.4 Å². The summed E-state index contributed by atoms with van der Waals surface area (Å²) >= 11 is 6.53. The number of dihydropyridines is 1. The normalized spacial score (nSPS) is 23.8. The molecular formula is C29H30ClFN4O3. The van der Waals surface area contributed by atoms with Crippen LogP contribution >= 0.6 is 11.6 Å². The van der Waals surface area contributed by atoms with Crippen molar-refractivity contribution in [3.63, 3.8) is 0 Å². The van der Waals surface area contributed by atoms with Crippen molar-refractivity contribution < 1.29 is 14.6 Å². The molecule has 6 rings (SSSR count). The molecular weight excluding hydrogens is 507 g/mol. The minimum atomic E-state index is -0.751. The Morgan fingerprint density at radius 2 is 1.87 bits per heavy atom. The minimum absolute atomic E-state index is 0.00589. The third-order valence-corrected chi connectivity index (χ3v) is 8.74. The van der Waals surface area contributed by atoms with Crippen LogP contribution in [-0.2, 0) is 7.05 Å². The molecule has 1 aliphatic carbocycles. The molecule has 3 aromatic rings. The molecule has 3 heterocycles. The molecule has 0 bridgehead atoms. The van der Waals surface area contributed by atoms with Crippen LogP contribution in [0, 0.1) is 11.2 Å². The van der Waals surface area contributed by atoms with Gasteiger partial charge in [0.25, 0.3) is 0 Å². The van der Waals surface area contributed by atoms with Crippen molar-refractivity contribution in [1.29, 1.82) is 0 Å². The number of aromatic hydroxyl groups is 1. The Hall–Kier alpha value is -3.49. The summed E-state index contributed by atoms with van der Waals surface area (Å²) in [6.07, 6.45) is 9.05. The van der Waals surface area contributed by atoms with Crippen LogP contribution in [0.1, 0.15) is 32.3 Å². The zero-order chi connectivity index (χ0) is 27.0. The van der Waals surface area contributed by atoms with E-state index in [1.54, 1.807) is 43.8 Å². The van der Waals surface area contributed by atoms with E-state index in [0.29, 0.717) is 39.5 Å². The highest BCUT2D eigenvalue weighted by Gasteiger charge is 2.62. The smallest absolute Gasteiger partial charge is 0.332 e. The Labute approximate surface area is 225 Å². The first kappa shape index (κ1) is 24.8. The van der Waals surface area contributed by atoms with Gasteiger partial charge in [-0.05, 0) is 62.6 Å². The summed E-state index contributed by atoms with van der Waals surface area (Å²) in [5.41, 5.74) is 2.26. The van der Waals surface area contributed by atoms with E-state index in [-0.39, 0.29) is 22.9 Å². The fourth-order valence-corrected chi connectivity index (χ4v) is 6.14. The first-order valence-corrected chi connectivity index (χ1v) is 13.1. The first-order chi connectivity index (χ1) is 18.0. The molecule has 3 aliphatic rings. The van der Waals surface area contributed by atoms with E-state index >= 15 is 0 Å². The Morgan fingerprint density at radius 1 is 1.13 bits per heavy atom. The van der Waals surface area contributed by atoms with E-state index in [1.165, 1.54) is 21.3 Å². The van der Waals surface area contributed by atoms with Crippen LogP contribution in [0.4, 0.5) is 4.39 Å². The van der Waals surface area contributed by atoms with Crippen molar-refractivity contribution in [3.05, 3.63) is 87.6 Å². The molecule has 3 N–H and O–H groups in total. The first-order valence-electron chi connectivity index (χ1n) is 12.7. The second-order valence-corrected chi connectivity index (χ2v) is 11.5. The molecule has 2 aliphatic heterocycles. The van der Waals surface area contributed by atoms with Gasteiger partial charge in [0.15, 0.2) is 0 Å². The molecule has 0 radical (unpaired) electrons. The molecule has 0 amide bonds. The van der Waals surface area contributed by atoms with Crippen LogP contribution in [0.3, 0.4) is 0 Å². The maximum Gasteiger partial charge on any atom is 0.332 e. The van der Waals surface area contributed by atoms with Gasteiger partial charge in [0.2, 0.25) is 0 Å². The average molecular weight is 537 g/mol. The van der Waals surface area contributed by atoms with E-state index in [0.717, 1.165) is 25.1 Å². The number of allylic oxidation sites excluding steroid dienone is 2. The van der Waals surface area contributed by atoms with Crippen molar-refractivity contribution in [2.75, 3.05) is 13.1 Å². The summed E-state index contributed by atoms with van der Waals surface area (Å²) in [4.78, 5) is 14.6. The zero-order valence-electron chi connectivity index (χ0n) is 21.5. The summed E-state index contributed by atoms with van der Waals surface area (Å²) in [5, 5.41) is 26.0. The van der Waals surface area contributed by atoms with Crippen molar-refractivity contribution in [2.45, 2.75) is 38.3 Å². The van der Waals surface area contributed by atoms with Gasteiger partial charge in [-0.1, -0.05) is 17.7 Å². The molecule has 198 valence electrons. The lowest BCUT2D eigenvalue weighted by molar-refractivity contribution is 0.0204. The highest BCUT2D eigenvalue weighted by atomic mass is 35.5. The number of hydrogen-bond donors (Lipinski definition) is 3. The highest BCUT2D eigenvalue weighted by molar-refractivity contribution is 6.32. The number of hydrogen-bond acceptors (Lipinski definition) is 5. The summed E-state index contributed by atoms with van der Waals surface area (Å²) in [5.74, 6) is -0.569. The van der Waals surface area contributed by atoms with Crippen LogP contribution in [0.25, 0.3) is 22.4 Å². The van der Waals surface area contributed by atoms with Gasteiger partial charge < -0.3 is 25.0 Å². The maximum absolute atomic E-state index is 14.9. The molecule has 2 unspecified atom stereocenters. The molecule has 1 saturated heterocycles. The number of β-amino-alcohol motifs (C(OH)–C–C–N with tert-alkyl or cyclic N) is 1. The molecule has 2 fully saturated rings. The molecule has 9 heteroatoms. The van der Waals surface area contributed by atoms with Gasteiger partial charge in [-0.15, -0.1) is 0 Å². The lowest BCUT2D eigenvalue weighted by Crippen LogP contribution is -2.38. The number of benzene rings is 2. The third kappa shape index (κ3) is 3.85. The van der Waals surface area contributed by atoms with E-state index in [4.69, 9.17) is 11.6 Å². The molecule has 2 aromatic carbocycles. The van der Waals surface area contributed by atoms with Crippen LogP contribution in [0.2, 0.25) is 5.02 Å². The number of nitrogens with one attached hydrogen (secondary N) is 1. The number of aryl methyl sites for hydroxylation is 1. The van der Waals surface area contributed by atoms with Gasteiger partial charge in [0.1, 0.15) is 11.6 Å². The van der Waals surface area contributed by atoms with E-state index < -0.39 is 11.4 Å². The highest BCUT2D eigenvalue weighted by Crippen LogP contribution is 2.59. The Balaban J connectivity index is 1.36. The van der Waals surface area contributed by atoms with Crippen LogP contribution in [0.5, 0.6) is 5.75 Å². The molecule has 38 heavy (non-hydrogen) atoms. The van der Waals surface area contributed by atoms with Crippen molar-refractivity contribution >= 4 is 17.2 Å². The van der Waals surface area contributed by atoms with Crippen molar-refractivity contribution in [1.82, 2.24) is 19.4 Å². The number of halogens is 2. The largest absolute Gasteiger partial charge is 0.507 e. The summed E-state index contributed by atoms with van der Waals surface area (Å²) in [6, 6.07) is 7.60. The quantitative estimate of drug-likeness (QED) is 0.460. The molecule has 1 saturated carbocycles. The molecule has 2 atom stereocenters. The number of rotatable bonds is 4. The Morgan fingerprint density at radius 3 is 2.50 bits per heavy atom.